The quantitative estimate of drug-likeness (QED) is 0.789. The molecule has 1 N–H and O–H groups in total. The second-order valence-electron chi connectivity index (χ2n) is 4.57. The summed E-state index contributed by atoms with van der Waals surface area (Å²) in [5.74, 6) is 0.00751. The molecule has 0 spiro atoms. The molecule has 1 amide bonds. The number of thiazole rings is 1. The van der Waals surface area contributed by atoms with Gasteiger partial charge >= 0.3 is 0 Å². The topological polar surface area (TPSA) is 42.0 Å². The first-order valence-corrected chi connectivity index (χ1v) is 7.36. The second kappa shape index (κ2) is 5.84. The van der Waals surface area contributed by atoms with Crippen LogP contribution in [0.15, 0.2) is 54.0 Å². The van der Waals surface area contributed by atoms with Crippen molar-refractivity contribution in [3.8, 4) is 0 Å². The lowest BCUT2D eigenvalue weighted by atomic mass is 10.0. The Morgan fingerprint density at radius 3 is 2.80 bits per heavy atom. The molecule has 3 aromatic rings. The van der Waals surface area contributed by atoms with E-state index >= 15 is 0 Å². The molecule has 0 fully saturated rings. The van der Waals surface area contributed by atoms with Gasteiger partial charge in [-0.2, -0.15) is 0 Å². The molecule has 1 heterocycles. The van der Waals surface area contributed by atoms with E-state index in [-0.39, 0.29) is 5.91 Å². The number of carbonyl (C=O) groups is 1. The lowest BCUT2D eigenvalue weighted by molar-refractivity contribution is -0.116. The molecule has 3 rings (SSSR count). The van der Waals surface area contributed by atoms with E-state index in [9.17, 15) is 4.79 Å². The molecule has 2 aromatic carbocycles. The zero-order chi connectivity index (χ0) is 13.8. The Morgan fingerprint density at radius 1 is 1.15 bits per heavy atom. The lowest BCUT2D eigenvalue weighted by Crippen LogP contribution is -2.11. The van der Waals surface area contributed by atoms with Gasteiger partial charge in [-0.1, -0.05) is 42.5 Å². The van der Waals surface area contributed by atoms with Gasteiger partial charge in [-0.25, -0.2) is 4.98 Å². The number of benzene rings is 2. The van der Waals surface area contributed by atoms with Crippen LogP contribution in [0.4, 0.5) is 5.13 Å². The van der Waals surface area contributed by atoms with Crippen LogP contribution in [0.5, 0.6) is 0 Å². The van der Waals surface area contributed by atoms with Crippen molar-refractivity contribution < 1.29 is 4.79 Å². The summed E-state index contributed by atoms with van der Waals surface area (Å²) < 4.78 is 0. The first kappa shape index (κ1) is 12.8. The van der Waals surface area contributed by atoms with Crippen LogP contribution in [0.25, 0.3) is 10.8 Å². The number of fused-ring (bicyclic) bond motifs is 1. The summed E-state index contributed by atoms with van der Waals surface area (Å²) in [7, 11) is 0. The Labute approximate surface area is 121 Å². The van der Waals surface area contributed by atoms with Gasteiger partial charge in [-0.3, -0.25) is 4.79 Å². The third kappa shape index (κ3) is 3.03. The fourth-order valence-corrected chi connectivity index (χ4v) is 2.66. The number of amides is 1. The Kier molecular flexibility index (Phi) is 3.74. The Hall–Kier alpha value is -2.20. The van der Waals surface area contributed by atoms with Crippen LogP contribution >= 0.6 is 11.3 Å². The molecule has 0 aliphatic heterocycles. The van der Waals surface area contributed by atoms with Crippen molar-refractivity contribution >= 4 is 33.1 Å². The molecule has 100 valence electrons. The van der Waals surface area contributed by atoms with Crippen molar-refractivity contribution in [3.63, 3.8) is 0 Å². The summed E-state index contributed by atoms with van der Waals surface area (Å²) in [6.45, 7) is 0. The van der Waals surface area contributed by atoms with Crippen LogP contribution < -0.4 is 5.32 Å². The summed E-state index contributed by atoms with van der Waals surface area (Å²) in [6, 6.07) is 14.6. The minimum Gasteiger partial charge on any atom is -0.302 e. The molecule has 0 saturated carbocycles. The molecule has 1 aromatic heterocycles. The molecule has 0 aliphatic carbocycles. The van der Waals surface area contributed by atoms with E-state index in [0.717, 1.165) is 6.42 Å². The summed E-state index contributed by atoms with van der Waals surface area (Å²) >= 11 is 1.43. The predicted octanol–water partition coefficient (Wildman–Crippen LogP) is 3.87. The van der Waals surface area contributed by atoms with E-state index in [2.05, 4.69) is 40.6 Å². The van der Waals surface area contributed by atoms with Crippen LogP contribution in [0.3, 0.4) is 0 Å². The van der Waals surface area contributed by atoms with Gasteiger partial charge in [0.05, 0.1) is 0 Å². The van der Waals surface area contributed by atoms with Crippen LogP contribution in [0.2, 0.25) is 0 Å². The van der Waals surface area contributed by atoms with E-state index in [1.807, 2.05) is 17.5 Å². The molecule has 0 aliphatic rings. The van der Waals surface area contributed by atoms with E-state index in [1.54, 1.807) is 6.20 Å². The van der Waals surface area contributed by atoms with Crippen molar-refractivity contribution in [2.24, 2.45) is 0 Å². The van der Waals surface area contributed by atoms with Crippen molar-refractivity contribution in [3.05, 3.63) is 59.6 Å². The molecule has 0 radical (unpaired) electrons. The SMILES string of the molecule is O=C(CCc1ccc2ccccc2c1)Nc1nccs1. The smallest absolute Gasteiger partial charge is 0.226 e. The van der Waals surface area contributed by atoms with E-state index in [4.69, 9.17) is 0 Å². The highest BCUT2D eigenvalue weighted by molar-refractivity contribution is 7.13. The maximum absolute atomic E-state index is 11.8. The predicted molar refractivity (Wildman–Crippen MR) is 83.0 cm³/mol. The average Bonchev–Trinajstić information content (AvgIpc) is 2.98. The number of hydrogen-bond acceptors (Lipinski definition) is 3. The number of carbonyl (C=O) groups excluding carboxylic acids is 1. The molecular formula is C16H14N2OS. The number of hydrogen-bond donors (Lipinski definition) is 1. The highest BCUT2D eigenvalue weighted by atomic mass is 32.1. The normalized spacial score (nSPS) is 10.6. The summed E-state index contributed by atoms with van der Waals surface area (Å²) in [4.78, 5) is 15.8. The summed E-state index contributed by atoms with van der Waals surface area (Å²) in [5, 5.41) is 7.74. The second-order valence-corrected chi connectivity index (χ2v) is 5.46. The van der Waals surface area contributed by atoms with Gasteiger partial charge in [-0.05, 0) is 22.8 Å². The van der Waals surface area contributed by atoms with Gasteiger partial charge in [0.15, 0.2) is 5.13 Å². The van der Waals surface area contributed by atoms with Crippen LogP contribution in [-0.2, 0) is 11.2 Å². The standard InChI is InChI=1S/C16H14N2OS/c19-15(18-16-17-9-10-20-16)8-6-12-5-7-13-3-1-2-4-14(13)11-12/h1-5,7,9-11H,6,8H2,(H,17,18,19). The van der Waals surface area contributed by atoms with Crippen molar-refractivity contribution in [2.45, 2.75) is 12.8 Å². The maximum Gasteiger partial charge on any atom is 0.226 e. The molecular weight excluding hydrogens is 268 g/mol. The number of nitrogens with zero attached hydrogens (tertiary/aromatic N) is 1. The fourth-order valence-electron chi connectivity index (χ4n) is 2.12. The monoisotopic (exact) mass is 282 g/mol. The number of nitrogens with one attached hydrogen (secondary N) is 1. The van der Waals surface area contributed by atoms with Gasteiger partial charge in [0.25, 0.3) is 0 Å². The van der Waals surface area contributed by atoms with Crippen LogP contribution in [0, 0.1) is 0 Å². The van der Waals surface area contributed by atoms with Crippen LogP contribution in [-0.4, -0.2) is 10.9 Å². The highest BCUT2D eigenvalue weighted by Crippen LogP contribution is 2.17. The Balaban J connectivity index is 1.63. The number of aromatic nitrogens is 1. The largest absolute Gasteiger partial charge is 0.302 e. The van der Waals surface area contributed by atoms with Crippen molar-refractivity contribution in [2.75, 3.05) is 5.32 Å². The maximum atomic E-state index is 11.8. The molecule has 0 unspecified atom stereocenters. The zero-order valence-electron chi connectivity index (χ0n) is 10.9. The van der Waals surface area contributed by atoms with Gasteiger partial charge in [0.2, 0.25) is 5.91 Å². The zero-order valence-corrected chi connectivity index (χ0v) is 11.7. The van der Waals surface area contributed by atoms with Crippen molar-refractivity contribution in [1.82, 2.24) is 4.98 Å². The van der Waals surface area contributed by atoms with E-state index in [1.165, 1.54) is 27.7 Å². The van der Waals surface area contributed by atoms with E-state index in [0.29, 0.717) is 11.6 Å². The highest BCUT2D eigenvalue weighted by Gasteiger charge is 2.05. The molecule has 4 heteroatoms. The third-order valence-corrected chi connectivity index (χ3v) is 3.82. The molecule has 20 heavy (non-hydrogen) atoms. The van der Waals surface area contributed by atoms with Crippen molar-refractivity contribution in [1.29, 1.82) is 0 Å². The van der Waals surface area contributed by atoms with E-state index < -0.39 is 0 Å². The molecule has 3 nitrogen and oxygen atoms in total. The number of anilines is 1. The minimum atomic E-state index is 0.00751. The van der Waals surface area contributed by atoms with Gasteiger partial charge < -0.3 is 5.32 Å². The van der Waals surface area contributed by atoms with Gasteiger partial charge in [0, 0.05) is 18.0 Å². The first-order valence-electron chi connectivity index (χ1n) is 6.48. The number of rotatable bonds is 4. The average molecular weight is 282 g/mol. The van der Waals surface area contributed by atoms with Gasteiger partial charge in [0.1, 0.15) is 0 Å². The molecule has 0 atom stereocenters. The molecule has 0 saturated heterocycles. The number of aryl methyl sites for hydroxylation is 1. The lowest BCUT2D eigenvalue weighted by Gasteiger charge is -2.04. The first-order chi connectivity index (χ1) is 9.81. The summed E-state index contributed by atoms with van der Waals surface area (Å²) in [5.41, 5.74) is 1.18. The Morgan fingerprint density at radius 2 is 2.00 bits per heavy atom. The minimum absolute atomic E-state index is 0.00751. The summed E-state index contributed by atoms with van der Waals surface area (Å²) in [6.07, 6.45) is 2.89. The van der Waals surface area contributed by atoms with Crippen LogP contribution in [0.1, 0.15) is 12.0 Å². The van der Waals surface area contributed by atoms with Gasteiger partial charge in [-0.15, -0.1) is 11.3 Å². The Bertz CT molecular complexity index is 722. The molecule has 0 bridgehead atoms. The fraction of sp³-hybridized carbons (Fsp3) is 0.125. The third-order valence-electron chi connectivity index (χ3n) is 3.13.